The third-order valence-corrected chi connectivity index (χ3v) is 2.73. The smallest absolute Gasteiger partial charge is 0.328 e. The SMILES string of the molecule is CCNC(=O)CNC(=O)c1ccc(C)c(/C=C/C(=O)O)c1. The summed E-state index contributed by atoms with van der Waals surface area (Å²) in [5, 5.41) is 13.7. The highest BCUT2D eigenvalue weighted by Gasteiger charge is 2.08. The second-order valence-electron chi connectivity index (χ2n) is 4.38. The number of nitrogens with one attached hydrogen (secondary N) is 2. The van der Waals surface area contributed by atoms with E-state index in [1.165, 1.54) is 6.08 Å². The number of aryl methyl sites for hydroxylation is 1. The van der Waals surface area contributed by atoms with Gasteiger partial charge in [-0.2, -0.15) is 0 Å². The Labute approximate surface area is 122 Å². The number of benzene rings is 1. The minimum absolute atomic E-state index is 0.0964. The van der Waals surface area contributed by atoms with Gasteiger partial charge in [-0.1, -0.05) is 6.07 Å². The Morgan fingerprint density at radius 3 is 2.57 bits per heavy atom. The topological polar surface area (TPSA) is 95.5 Å². The Kier molecular flexibility index (Phi) is 6.13. The van der Waals surface area contributed by atoms with E-state index in [0.29, 0.717) is 17.7 Å². The van der Waals surface area contributed by atoms with Crippen LogP contribution >= 0.6 is 0 Å². The van der Waals surface area contributed by atoms with Crippen molar-refractivity contribution in [3.8, 4) is 0 Å². The van der Waals surface area contributed by atoms with Crippen LogP contribution in [0.1, 0.15) is 28.4 Å². The van der Waals surface area contributed by atoms with E-state index in [-0.39, 0.29) is 18.4 Å². The van der Waals surface area contributed by atoms with Crippen molar-refractivity contribution in [1.29, 1.82) is 0 Å². The molecule has 0 atom stereocenters. The minimum Gasteiger partial charge on any atom is -0.478 e. The van der Waals surface area contributed by atoms with Crippen LogP contribution in [0.25, 0.3) is 6.08 Å². The van der Waals surface area contributed by atoms with Gasteiger partial charge in [-0.15, -0.1) is 0 Å². The van der Waals surface area contributed by atoms with Crippen LogP contribution in [0.2, 0.25) is 0 Å². The van der Waals surface area contributed by atoms with Crippen molar-refractivity contribution in [3.05, 3.63) is 41.0 Å². The molecular formula is C15H18N2O4. The fourth-order valence-electron chi connectivity index (χ4n) is 1.64. The molecule has 1 rings (SSSR count). The maximum atomic E-state index is 11.9. The highest BCUT2D eigenvalue weighted by Crippen LogP contribution is 2.13. The quantitative estimate of drug-likeness (QED) is 0.680. The predicted octanol–water partition coefficient (Wildman–Crippen LogP) is 0.959. The lowest BCUT2D eigenvalue weighted by atomic mass is 10.0. The molecule has 0 bridgehead atoms. The van der Waals surface area contributed by atoms with Gasteiger partial charge in [0.05, 0.1) is 6.54 Å². The van der Waals surface area contributed by atoms with Crippen LogP contribution in [0.4, 0.5) is 0 Å². The molecule has 0 saturated heterocycles. The molecule has 3 N–H and O–H groups in total. The van der Waals surface area contributed by atoms with Crippen LogP contribution in [-0.4, -0.2) is 36.0 Å². The van der Waals surface area contributed by atoms with E-state index in [1.54, 1.807) is 25.1 Å². The van der Waals surface area contributed by atoms with E-state index in [2.05, 4.69) is 10.6 Å². The summed E-state index contributed by atoms with van der Waals surface area (Å²) in [6, 6.07) is 4.94. The van der Waals surface area contributed by atoms with Crippen LogP contribution in [0.3, 0.4) is 0 Å². The Balaban J connectivity index is 2.79. The minimum atomic E-state index is -1.06. The monoisotopic (exact) mass is 290 g/mol. The van der Waals surface area contributed by atoms with Gasteiger partial charge in [0.15, 0.2) is 0 Å². The van der Waals surface area contributed by atoms with Crippen LogP contribution < -0.4 is 10.6 Å². The molecule has 0 saturated carbocycles. The number of carboxylic acid groups (broad SMARTS) is 1. The van der Waals surface area contributed by atoms with E-state index >= 15 is 0 Å². The predicted molar refractivity (Wildman–Crippen MR) is 78.9 cm³/mol. The van der Waals surface area contributed by atoms with Gasteiger partial charge >= 0.3 is 5.97 Å². The van der Waals surface area contributed by atoms with Gasteiger partial charge in [0.25, 0.3) is 5.91 Å². The van der Waals surface area contributed by atoms with Crippen molar-refractivity contribution < 1.29 is 19.5 Å². The van der Waals surface area contributed by atoms with Crippen molar-refractivity contribution in [2.45, 2.75) is 13.8 Å². The number of carboxylic acids is 1. The van der Waals surface area contributed by atoms with Crippen LogP contribution in [-0.2, 0) is 9.59 Å². The molecule has 6 heteroatoms. The van der Waals surface area contributed by atoms with Gasteiger partial charge in [-0.25, -0.2) is 4.79 Å². The number of aliphatic carboxylic acids is 1. The zero-order valence-electron chi connectivity index (χ0n) is 12.0. The molecule has 112 valence electrons. The highest BCUT2D eigenvalue weighted by atomic mass is 16.4. The lowest BCUT2D eigenvalue weighted by Gasteiger charge is -2.07. The van der Waals surface area contributed by atoms with Gasteiger partial charge in [-0.3, -0.25) is 9.59 Å². The molecule has 0 aliphatic rings. The zero-order valence-corrected chi connectivity index (χ0v) is 12.0. The van der Waals surface area contributed by atoms with Crippen LogP contribution in [0.5, 0.6) is 0 Å². The van der Waals surface area contributed by atoms with Gasteiger partial charge in [0, 0.05) is 18.2 Å². The lowest BCUT2D eigenvalue weighted by Crippen LogP contribution is -2.36. The molecule has 1 aromatic rings. The van der Waals surface area contributed by atoms with Crippen LogP contribution in [0, 0.1) is 6.92 Å². The Hall–Kier alpha value is -2.63. The second kappa shape index (κ2) is 7.84. The van der Waals surface area contributed by atoms with Crippen molar-refractivity contribution in [1.82, 2.24) is 10.6 Å². The average Bonchev–Trinajstić information content (AvgIpc) is 2.44. The summed E-state index contributed by atoms with van der Waals surface area (Å²) in [4.78, 5) is 33.7. The van der Waals surface area contributed by atoms with Gasteiger partial charge in [0.2, 0.25) is 5.91 Å². The summed E-state index contributed by atoms with van der Waals surface area (Å²) in [7, 11) is 0. The van der Waals surface area contributed by atoms with Crippen molar-refractivity contribution in [2.75, 3.05) is 13.1 Å². The van der Waals surface area contributed by atoms with E-state index < -0.39 is 5.97 Å². The molecule has 1 aromatic carbocycles. The molecule has 0 aliphatic carbocycles. The normalized spacial score (nSPS) is 10.4. The van der Waals surface area contributed by atoms with Crippen molar-refractivity contribution >= 4 is 23.9 Å². The number of amides is 2. The highest BCUT2D eigenvalue weighted by molar-refractivity contribution is 5.97. The molecule has 0 heterocycles. The number of rotatable bonds is 6. The van der Waals surface area contributed by atoms with E-state index in [9.17, 15) is 14.4 Å². The van der Waals surface area contributed by atoms with Gasteiger partial charge in [0.1, 0.15) is 0 Å². The molecule has 6 nitrogen and oxygen atoms in total. The standard InChI is InChI=1S/C15H18N2O4/c1-3-16-13(18)9-17-15(21)12-5-4-10(2)11(8-12)6-7-14(19)20/h4-8H,3,9H2,1-2H3,(H,16,18)(H,17,21)(H,19,20)/b7-6+. The Morgan fingerprint density at radius 1 is 1.24 bits per heavy atom. The summed E-state index contributed by atoms with van der Waals surface area (Å²) in [5.74, 6) is -1.70. The molecule has 0 spiro atoms. The Bertz CT molecular complexity index is 579. The molecule has 2 amide bonds. The summed E-state index contributed by atoms with van der Waals surface area (Å²) in [6.07, 6.45) is 2.44. The number of carbonyl (C=O) groups is 3. The molecule has 0 radical (unpaired) electrons. The average molecular weight is 290 g/mol. The maximum absolute atomic E-state index is 11.9. The Morgan fingerprint density at radius 2 is 1.95 bits per heavy atom. The molecule has 0 unspecified atom stereocenters. The third-order valence-electron chi connectivity index (χ3n) is 2.73. The lowest BCUT2D eigenvalue weighted by molar-refractivity contribution is -0.131. The first-order valence-electron chi connectivity index (χ1n) is 6.50. The molecule has 0 aliphatic heterocycles. The largest absolute Gasteiger partial charge is 0.478 e. The zero-order chi connectivity index (χ0) is 15.8. The van der Waals surface area contributed by atoms with Crippen LogP contribution in [0.15, 0.2) is 24.3 Å². The van der Waals surface area contributed by atoms with Crippen molar-refractivity contribution in [3.63, 3.8) is 0 Å². The second-order valence-corrected chi connectivity index (χ2v) is 4.38. The summed E-state index contributed by atoms with van der Waals surface area (Å²) in [6.45, 7) is 4.02. The number of carbonyl (C=O) groups excluding carboxylic acids is 2. The van der Waals surface area contributed by atoms with Crippen molar-refractivity contribution in [2.24, 2.45) is 0 Å². The van der Waals surface area contributed by atoms with E-state index in [1.807, 2.05) is 6.92 Å². The first-order chi connectivity index (χ1) is 9.93. The number of likely N-dealkylation sites (N-methyl/N-ethyl adjacent to an activating group) is 1. The summed E-state index contributed by atoms with van der Waals surface area (Å²) >= 11 is 0. The number of hydrogen-bond donors (Lipinski definition) is 3. The summed E-state index contributed by atoms with van der Waals surface area (Å²) < 4.78 is 0. The van der Waals surface area contributed by atoms with Gasteiger partial charge in [-0.05, 0) is 43.2 Å². The molecule has 0 aromatic heterocycles. The first-order valence-corrected chi connectivity index (χ1v) is 6.50. The fourth-order valence-corrected chi connectivity index (χ4v) is 1.64. The maximum Gasteiger partial charge on any atom is 0.328 e. The third kappa shape index (κ3) is 5.48. The van der Waals surface area contributed by atoms with E-state index in [0.717, 1.165) is 11.6 Å². The summed E-state index contributed by atoms with van der Waals surface area (Å²) in [5.41, 5.74) is 1.87. The van der Waals surface area contributed by atoms with E-state index in [4.69, 9.17) is 5.11 Å². The molecule has 0 fully saturated rings. The van der Waals surface area contributed by atoms with Gasteiger partial charge < -0.3 is 15.7 Å². The molecule has 21 heavy (non-hydrogen) atoms. The molecular weight excluding hydrogens is 272 g/mol. The number of hydrogen-bond acceptors (Lipinski definition) is 3. The fraction of sp³-hybridized carbons (Fsp3) is 0.267. The first kappa shape index (κ1) is 16.4.